The van der Waals surface area contributed by atoms with Crippen LogP contribution >= 0.6 is 11.6 Å². The molecule has 164 valence electrons. The Balaban J connectivity index is 1.19. The summed E-state index contributed by atoms with van der Waals surface area (Å²) in [5.41, 5.74) is 2.79. The van der Waals surface area contributed by atoms with Gasteiger partial charge in [-0.2, -0.15) is 5.10 Å². The van der Waals surface area contributed by atoms with Crippen LogP contribution in [0.3, 0.4) is 0 Å². The SMILES string of the molecule is CCOC(=O)c1ccc(OCCC2CCN(N3Cc4cccc(Cl)c4C=N3)CC2)cc1. The summed E-state index contributed by atoms with van der Waals surface area (Å²) in [6, 6.07) is 13.2. The highest BCUT2D eigenvalue weighted by Crippen LogP contribution is 2.27. The average molecular weight is 442 g/mol. The first-order valence-corrected chi connectivity index (χ1v) is 11.3. The molecule has 6 nitrogen and oxygen atoms in total. The minimum atomic E-state index is -0.301. The topological polar surface area (TPSA) is 54.4 Å². The van der Waals surface area contributed by atoms with Gasteiger partial charge in [0, 0.05) is 23.7 Å². The fraction of sp³-hybridized carbons (Fsp3) is 0.417. The van der Waals surface area contributed by atoms with Crippen LogP contribution in [0.2, 0.25) is 5.02 Å². The first-order valence-electron chi connectivity index (χ1n) is 10.9. The molecule has 4 rings (SSSR count). The van der Waals surface area contributed by atoms with Gasteiger partial charge in [0.05, 0.1) is 31.5 Å². The Hall–Kier alpha value is -2.57. The Bertz CT molecular complexity index is 924. The zero-order valence-corrected chi connectivity index (χ0v) is 18.6. The predicted molar refractivity (Wildman–Crippen MR) is 121 cm³/mol. The van der Waals surface area contributed by atoms with Crippen LogP contribution in [0.5, 0.6) is 5.75 Å². The van der Waals surface area contributed by atoms with Gasteiger partial charge in [-0.1, -0.05) is 23.7 Å². The van der Waals surface area contributed by atoms with Crippen molar-refractivity contribution in [1.29, 1.82) is 0 Å². The Morgan fingerprint density at radius 2 is 1.94 bits per heavy atom. The van der Waals surface area contributed by atoms with E-state index in [9.17, 15) is 4.79 Å². The molecule has 2 heterocycles. The molecule has 2 aliphatic rings. The molecule has 0 atom stereocenters. The molecule has 0 spiro atoms. The van der Waals surface area contributed by atoms with Crippen LogP contribution < -0.4 is 4.74 Å². The fourth-order valence-corrected chi connectivity index (χ4v) is 4.28. The van der Waals surface area contributed by atoms with E-state index in [0.717, 1.165) is 55.2 Å². The van der Waals surface area contributed by atoms with Gasteiger partial charge in [0.1, 0.15) is 5.75 Å². The molecule has 0 saturated carbocycles. The van der Waals surface area contributed by atoms with E-state index in [0.29, 0.717) is 24.7 Å². The van der Waals surface area contributed by atoms with Crippen LogP contribution in [0, 0.1) is 5.92 Å². The Morgan fingerprint density at radius 1 is 1.16 bits per heavy atom. The van der Waals surface area contributed by atoms with Gasteiger partial charge in [0.2, 0.25) is 0 Å². The standard InChI is InChI=1S/C24H28ClN3O3/c1-2-30-24(29)19-6-8-21(9-7-19)31-15-12-18-10-13-27(14-11-18)28-17-20-4-3-5-23(25)22(20)16-26-28/h3-9,16,18H,2,10-15,17H2,1H3. The molecule has 0 unspecified atom stereocenters. The van der Waals surface area contributed by atoms with Crippen LogP contribution in [0.15, 0.2) is 47.6 Å². The van der Waals surface area contributed by atoms with Gasteiger partial charge >= 0.3 is 5.97 Å². The van der Waals surface area contributed by atoms with E-state index in [1.165, 1.54) is 5.56 Å². The van der Waals surface area contributed by atoms with Crippen molar-refractivity contribution in [3.05, 3.63) is 64.2 Å². The molecule has 2 aromatic carbocycles. The molecule has 1 saturated heterocycles. The predicted octanol–water partition coefficient (Wildman–Crippen LogP) is 4.76. The van der Waals surface area contributed by atoms with Crippen molar-refractivity contribution >= 4 is 23.8 Å². The molecular formula is C24H28ClN3O3. The highest BCUT2D eigenvalue weighted by atomic mass is 35.5. The molecule has 2 aliphatic heterocycles. The number of esters is 1. The quantitative estimate of drug-likeness (QED) is 0.580. The zero-order valence-electron chi connectivity index (χ0n) is 17.8. The zero-order chi connectivity index (χ0) is 21.6. The molecule has 0 bridgehead atoms. The number of benzene rings is 2. The molecule has 0 aromatic heterocycles. The lowest BCUT2D eigenvalue weighted by atomic mass is 9.94. The second kappa shape index (κ2) is 10.2. The first kappa shape index (κ1) is 21.7. The number of rotatable bonds is 7. The number of halogens is 1. The lowest BCUT2D eigenvalue weighted by molar-refractivity contribution is -0.0575. The van der Waals surface area contributed by atoms with E-state index in [1.807, 2.05) is 30.5 Å². The van der Waals surface area contributed by atoms with Crippen molar-refractivity contribution in [3.63, 3.8) is 0 Å². The maximum Gasteiger partial charge on any atom is 0.338 e. The van der Waals surface area contributed by atoms with E-state index >= 15 is 0 Å². The molecule has 0 amide bonds. The number of hydrazone groups is 1. The summed E-state index contributed by atoms with van der Waals surface area (Å²) in [6.45, 7) is 5.60. The third kappa shape index (κ3) is 5.38. The Morgan fingerprint density at radius 3 is 2.68 bits per heavy atom. The minimum Gasteiger partial charge on any atom is -0.494 e. The lowest BCUT2D eigenvalue weighted by Gasteiger charge is -2.39. The summed E-state index contributed by atoms with van der Waals surface area (Å²) in [4.78, 5) is 11.7. The van der Waals surface area contributed by atoms with Gasteiger partial charge in [-0.25, -0.2) is 14.9 Å². The van der Waals surface area contributed by atoms with Crippen LogP contribution in [0.1, 0.15) is 47.7 Å². The molecule has 1 fully saturated rings. The molecule has 0 N–H and O–H groups in total. The number of carbonyl (C=O) groups is 1. The smallest absolute Gasteiger partial charge is 0.338 e. The molecule has 7 heteroatoms. The fourth-order valence-electron chi connectivity index (χ4n) is 4.04. The van der Waals surface area contributed by atoms with Gasteiger partial charge < -0.3 is 9.47 Å². The lowest BCUT2D eigenvalue weighted by Crippen LogP contribution is -2.45. The number of carbonyl (C=O) groups excluding carboxylic acids is 1. The number of hydrogen-bond acceptors (Lipinski definition) is 6. The van der Waals surface area contributed by atoms with Crippen LogP contribution in [-0.4, -0.2) is 48.6 Å². The Kier molecular flexibility index (Phi) is 7.10. The summed E-state index contributed by atoms with van der Waals surface area (Å²) in [5.74, 6) is 1.13. The van der Waals surface area contributed by atoms with Crippen molar-refractivity contribution in [2.45, 2.75) is 32.7 Å². The maximum atomic E-state index is 11.7. The van der Waals surface area contributed by atoms with Gasteiger partial charge in [0.15, 0.2) is 0 Å². The summed E-state index contributed by atoms with van der Waals surface area (Å²) in [6.07, 6.45) is 5.14. The van der Waals surface area contributed by atoms with Gasteiger partial charge in [-0.15, -0.1) is 0 Å². The van der Waals surface area contributed by atoms with Crippen molar-refractivity contribution in [2.24, 2.45) is 11.0 Å². The van der Waals surface area contributed by atoms with Crippen molar-refractivity contribution in [3.8, 4) is 5.75 Å². The Labute approximate surface area is 188 Å². The number of fused-ring (bicyclic) bond motifs is 1. The number of hydrazine groups is 1. The van der Waals surface area contributed by atoms with E-state index < -0.39 is 0 Å². The third-order valence-corrected chi connectivity index (χ3v) is 6.18. The van der Waals surface area contributed by atoms with Crippen molar-refractivity contribution in [2.75, 3.05) is 26.3 Å². The van der Waals surface area contributed by atoms with Crippen LogP contribution in [-0.2, 0) is 11.3 Å². The van der Waals surface area contributed by atoms with E-state index in [1.54, 1.807) is 19.1 Å². The molecule has 31 heavy (non-hydrogen) atoms. The molecule has 0 radical (unpaired) electrons. The molecule has 2 aromatic rings. The summed E-state index contributed by atoms with van der Waals surface area (Å²) >= 11 is 6.27. The van der Waals surface area contributed by atoms with Gasteiger partial charge in [-0.05, 0) is 68.0 Å². The number of nitrogens with zero attached hydrogens (tertiary/aromatic N) is 3. The van der Waals surface area contributed by atoms with Crippen LogP contribution in [0.25, 0.3) is 0 Å². The van der Waals surface area contributed by atoms with Crippen molar-refractivity contribution in [1.82, 2.24) is 10.1 Å². The first-order chi connectivity index (χ1) is 15.1. The van der Waals surface area contributed by atoms with Crippen LogP contribution in [0.4, 0.5) is 0 Å². The molecular weight excluding hydrogens is 414 g/mol. The number of piperidine rings is 1. The second-order valence-electron chi connectivity index (χ2n) is 7.87. The number of ether oxygens (including phenoxy) is 2. The highest BCUT2D eigenvalue weighted by Gasteiger charge is 2.25. The largest absolute Gasteiger partial charge is 0.494 e. The number of hydrogen-bond donors (Lipinski definition) is 0. The van der Waals surface area contributed by atoms with Crippen molar-refractivity contribution < 1.29 is 14.3 Å². The minimum absolute atomic E-state index is 0.301. The average Bonchev–Trinajstić information content (AvgIpc) is 2.80. The summed E-state index contributed by atoms with van der Waals surface area (Å²) in [5, 5.41) is 9.76. The van der Waals surface area contributed by atoms with Gasteiger partial charge in [0.25, 0.3) is 0 Å². The monoisotopic (exact) mass is 441 g/mol. The second-order valence-corrected chi connectivity index (χ2v) is 8.27. The normalized spacial score (nSPS) is 16.8. The highest BCUT2D eigenvalue weighted by molar-refractivity contribution is 6.33. The van der Waals surface area contributed by atoms with E-state index in [-0.39, 0.29) is 5.97 Å². The van der Waals surface area contributed by atoms with E-state index in [4.69, 9.17) is 21.1 Å². The third-order valence-electron chi connectivity index (χ3n) is 5.85. The summed E-state index contributed by atoms with van der Waals surface area (Å²) in [7, 11) is 0. The maximum absolute atomic E-state index is 11.7. The summed E-state index contributed by atoms with van der Waals surface area (Å²) < 4.78 is 10.9. The van der Waals surface area contributed by atoms with Gasteiger partial charge in [-0.3, -0.25) is 0 Å². The molecule has 0 aliphatic carbocycles. The van der Waals surface area contributed by atoms with E-state index in [2.05, 4.69) is 21.3 Å².